The molecule has 0 radical (unpaired) electrons. The van der Waals surface area contributed by atoms with Gasteiger partial charge in [0.2, 0.25) is 11.8 Å². The first kappa shape index (κ1) is 32.9. The molecule has 0 fully saturated rings. The normalized spacial score (nSPS) is 12.3. The fourth-order valence-electron chi connectivity index (χ4n) is 4.74. The van der Waals surface area contributed by atoms with E-state index in [1.54, 1.807) is 36.4 Å². The van der Waals surface area contributed by atoms with Gasteiger partial charge in [0.15, 0.2) is 0 Å². The van der Waals surface area contributed by atoms with Gasteiger partial charge in [-0.2, -0.15) is 0 Å². The number of aryl methyl sites for hydroxylation is 2. The number of nitrogens with one attached hydrogen (secondary N) is 1. The van der Waals surface area contributed by atoms with Crippen LogP contribution in [0.1, 0.15) is 69.2 Å². The monoisotopic (exact) mass is 591 g/mol. The first-order chi connectivity index (χ1) is 19.8. The third-order valence-corrected chi connectivity index (χ3v) is 9.03. The number of benzene rings is 3. The van der Waals surface area contributed by atoms with E-state index in [1.165, 1.54) is 4.90 Å². The van der Waals surface area contributed by atoms with Crippen LogP contribution < -0.4 is 9.62 Å². The molecule has 2 amide bonds. The Balaban J connectivity index is 2.06. The number of carbonyl (C=O) groups is 2. The van der Waals surface area contributed by atoms with Crippen LogP contribution >= 0.6 is 0 Å². The van der Waals surface area contributed by atoms with Gasteiger partial charge in [-0.15, -0.1) is 0 Å². The highest BCUT2D eigenvalue weighted by Gasteiger charge is 2.33. The van der Waals surface area contributed by atoms with Crippen molar-refractivity contribution in [3.63, 3.8) is 0 Å². The molecular weight excluding hydrogens is 546 g/mol. The Morgan fingerprint density at radius 1 is 0.857 bits per heavy atom. The highest BCUT2D eigenvalue weighted by atomic mass is 32.2. The summed E-state index contributed by atoms with van der Waals surface area (Å²) in [7, 11) is -4.10. The average molecular weight is 592 g/mol. The molecule has 3 rings (SSSR count). The number of nitrogens with zero attached hydrogens (tertiary/aromatic N) is 2. The molecular formula is C34H45N3O4S. The van der Waals surface area contributed by atoms with Crippen LogP contribution in [0.25, 0.3) is 0 Å². The van der Waals surface area contributed by atoms with Gasteiger partial charge >= 0.3 is 0 Å². The molecule has 42 heavy (non-hydrogen) atoms. The summed E-state index contributed by atoms with van der Waals surface area (Å²) in [5, 5.41) is 2.96. The van der Waals surface area contributed by atoms with Gasteiger partial charge in [0.1, 0.15) is 12.6 Å². The Hall–Kier alpha value is -3.65. The van der Waals surface area contributed by atoms with Crippen LogP contribution in [-0.2, 0) is 26.2 Å². The van der Waals surface area contributed by atoms with Gasteiger partial charge in [-0.25, -0.2) is 8.42 Å². The lowest BCUT2D eigenvalue weighted by Gasteiger charge is -2.33. The van der Waals surface area contributed by atoms with Gasteiger partial charge in [-0.3, -0.25) is 13.9 Å². The topological polar surface area (TPSA) is 86.8 Å². The number of amides is 2. The van der Waals surface area contributed by atoms with Crippen LogP contribution in [0.15, 0.2) is 77.7 Å². The quantitative estimate of drug-likeness (QED) is 0.256. The summed E-state index contributed by atoms with van der Waals surface area (Å²) in [5.41, 5.74) is 4.28. The number of hydrogen-bond donors (Lipinski definition) is 1. The lowest BCUT2D eigenvalue weighted by Crippen LogP contribution is -2.52. The highest BCUT2D eigenvalue weighted by molar-refractivity contribution is 7.92. The van der Waals surface area contributed by atoms with E-state index in [0.29, 0.717) is 18.7 Å². The van der Waals surface area contributed by atoms with Crippen molar-refractivity contribution in [2.24, 2.45) is 5.92 Å². The Morgan fingerprint density at radius 3 is 2.05 bits per heavy atom. The molecule has 3 aromatic rings. The molecule has 226 valence electrons. The fourth-order valence-corrected chi connectivity index (χ4v) is 6.16. The zero-order chi connectivity index (χ0) is 31.0. The van der Waals surface area contributed by atoms with E-state index in [2.05, 4.69) is 19.2 Å². The predicted octanol–water partition coefficient (Wildman–Crippen LogP) is 6.20. The van der Waals surface area contributed by atoms with Gasteiger partial charge in [0, 0.05) is 13.1 Å². The van der Waals surface area contributed by atoms with Gasteiger partial charge in [-0.05, 0) is 67.5 Å². The maximum atomic E-state index is 14.2. The molecule has 1 unspecified atom stereocenters. The van der Waals surface area contributed by atoms with Crippen molar-refractivity contribution in [2.45, 2.75) is 78.3 Å². The van der Waals surface area contributed by atoms with E-state index in [-0.39, 0.29) is 29.2 Å². The molecule has 0 aliphatic rings. The lowest BCUT2D eigenvalue weighted by atomic mass is 10.0. The summed E-state index contributed by atoms with van der Waals surface area (Å²) in [5.74, 6) is -0.188. The number of rotatable bonds is 13. The minimum Gasteiger partial charge on any atom is -0.354 e. The molecule has 0 aromatic heterocycles. The van der Waals surface area contributed by atoms with Crippen molar-refractivity contribution in [1.82, 2.24) is 10.2 Å². The van der Waals surface area contributed by atoms with Crippen molar-refractivity contribution >= 4 is 27.5 Å². The number of hydrogen-bond acceptors (Lipinski definition) is 4. The summed E-state index contributed by atoms with van der Waals surface area (Å²) in [6.45, 7) is 14.1. The zero-order valence-corrected chi connectivity index (χ0v) is 26.7. The van der Waals surface area contributed by atoms with E-state index in [0.717, 1.165) is 26.6 Å². The molecule has 0 heterocycles. The first-order valence-electron chi connectivity index (χ1n) is 14.7. The SMILES string of the molecule is CCC(C(=O)NCC(C)C)N(Cc1cccc(C)c1)C(=O)CN(c1ccc(C(C)C)cc1)S(=O)(=O)c1ccc(C)cc1. The second kappa shape index (κ2) is 14.5. The van der Waals surface area contributed by atoms with Crippen LogP contribution in [0.5, 0.6) is 0 Å². The minimum atomic E-state index is -4.10. The Kier molecular flexibility index (Phi) is 11.3. The summed E-state index contributed by atoms with van der Waals surface area (Å²) in [4.78, 5) is 29.2. The number of sulfonamides is 1. The Bertz CT molecular complexity index is 1450. The van der Waals surface area contributed by atoms with Crippen molar-refractivity contribution in [1.29, 1.82) is 0 Å². The van der Waals surface area contributed by atoms with Crippen LogP contribution in [0, 0.1) is 19.8 Å². The molecule has 0 saturated carbocycles. The van der Waals surface area contributed by atoms with Gasteiger partial charge in [0.05, 0.1) is 10.6 Å². The molecule has 0 bridgehead atoms. The second-order valence-electron chi connectivity index (χ2n) is 11.6. The van der Waals surface area contributed by atoms with E-state index in [4.69, 9.17) is 0 Å². The molecule has 0 spiro atoms. The van der Waals surface area contributed by atoms with Crippen LogP contribution in [0.2, 0.25) is 0 Å². The zero-order valence-electron chi connectivity index (χ0n) is 25.9. The van der Waals surface area contributed by atoms with E-state index in [1.807, 2.05) is 71.0 Å². The number of carbonyl (C=O) groups excluding carboxylic acids is 2. The predicted molar refractivity (Wildman–Crippen MR) is 170 cm³/mol. The highest BCUT2D eigenvalue weighted by Crippen LogP contribution is 2.27. The van der Waals surface area contributed by atoms with E-state index < -0.39 is 28.5 Å². The fraction of sp³-hybridized carbons (Fsp3) is 0.412. The van der Waals surface area contributed by atoms with E-state index in [9.17, 15) is 18.0 Å². The largest absolute Gasteiger partial charge is 0.354 e. The van der Waals surface area contributed by atoms with Crippen molar-refractivity contribution in [2.75, 3.05) is 17.4 Å². The van der Waals surface area contributed by atoms with Crippen molar-refractivity contribution in [3.8, 4) is 0 Å². The third kappa shape index (κ3) is 8.44. The van der Waals surface area contributed by atoms with Crippen LogP contribution in [0.3, 0.4) is 0 Å². The summed E-state index contributed by atoms with van der Waals surface area (Å²) in [6, 6.07) is 20.9. The average Bonchev–Trinajstić information content (AvgIpc) is 2.94. The summed E-state index contributed by atoms with van der Waals surface area (Å²) in [6.07, 6.45) is 0.384. The molecule has 0 saturated heterocycles. The first-order valence-corrected chi connectivity index (χ1v) is 16.1. The summed E-state index contributed by atoms with van der Waals surface area (Å²) >= 11 is 0. The van der Waals surface area contributed by atoms with Crippen molar-refractivity contribution < 1.29 is 18.0 Å². The second-order valence-corrected chi connectivity index (χ2v) is 13.5. The molecule has 7 nitrogen and oxygen atoms in total. The Morgan fingerprint density at radius 2 is 1.50 bits per heavy atom. The summed E-state index contributed by atoms with van der Waals surface area (Å²) < 4.78 is 29.3. The standard InChI is InChI=1S/C34H45N3O4S/c1-8-32(34(39)35-21-24(2)3)36(22-28-11-9-10-27(7)20-28)33(38)23-37(30-16-14-29(15-17-30)25(4)5)42(40,41)31-18-12-26(6)13-19-31/h9-20,24-25,32H,8,21-23H2,1-7H3,(H,35,39). The molecule has 0 aliphatic heterocycles. The lowest BCUT2D eigenvalue weighted by molar-refractivity contribution is -0.140. The van der Waals surface area contributed by atoms with Crippen LogP contribution in [-0.4, -0.2) is 44.3 Å². The maximum Gasteiger partial charge on any atom is 0.264 e. The maximum absolute atomic E-state index is 14.2. The van der Waals surface area contributed by atoms with Gasteiger partial charge in [-0.1, -0.05) is 94.3 Å². The number of anilines is 1. The smallest absolute Gasteiger partial charge is 0.264 e. The van der Waals surface area contributed by atoms with Crippen LogP contribution in [0.4, 0.5) is 5.69 Å². The third-order valence-electron chi connectivity index (χ3n) is 7.24. The molecule has 0 aliphatic carbocycles. The molecule has 3 aromatic carbocycles. The Labute approximate surface area is 252 Å². The van der Waals surface area contributed by atoms with E-state index >= 15 is 0 Å². The van der Waals surface area contributed by atoms with Crippen molar-refractivity contribution in [3.05, 3.63) is 95.1 Å². The van der Waals surface area contributed by atoms with Gasteiger partial charge in [0.25, 0.3) is 10.0 Å². The molecule has 8 heteroatoms. The van der Waals surface area contributed by atoms with Gasteiger partial charge < -0.3 is 10.2 Å². The molecule has 1 N–H and O–H groups in total. The minimum absolute atomic E-state index is 0.0980. The molecule has 1 atom stereocenters.